The molecule has 0 aromatic carbocycles. The number of aromatic nitrogens is 8. The Morgan fingerprint density at radius 1 is 1.10 bits per heavy atom. The van der Waals surface area contributed by atoms with E-state index in [4.69, 9.17) is 10.7 Å². The number of carbonyl (C=O) groups is 1. The van der Waals surface area contributed by atoms with E-state index in [9.17, 15) is 13.2 Å². The van der Waals surface area contributed by atoms with Crippen molar-refractivity contribution in [1.82, 2.24) is 44.9 Å². The minimum Gasteiger partial charge on any atom is -0.382 e. The maximum atomic E-state index is 13.2. The first-order chi connectivity index (χ1) is 19.7. The first-order valence-corrected chi connectivity index (χ1v) is 15.8. The van der Waals surface area contributed by atoms with Crippen molar-refractivity contribution in [3.63, 3.8) is 0 Å². The number of piperidine rings is 1. The van der Waals surface area contributed by atoms with Crippen molar-refractivity contribution in [3.8, 4) is 21.8 Å². The van der Waals surface area contributed by atoms with Crippen LogP contribution in [0.1, 0.15) is 52.7 Å². The van der Waals surface area contributed by atoms with Gasteiger partial charge in [0.2, 0.25) is 0 Å². The third kappa shape index (κ3) is 4.26. The smallest absolute Gasteiger partial charge is 0.276 e. The number of nitrogens with two attached hydrogens (primary N) is 1. The number of nitrogens with one attached hydrogen (secondary N) is 1. The highest BCUT2D eigenvalue weighted by molar-refractivity contribution is 7.91. The molecule has 0 radical (unpaired) electrons. The van der Waals surface area contributed by atoms with Crippen molar-refractivity contribution in [2.24, 2.45) is 0 Å². The number of thiazole rings is 1. The normalized spacial score (nSPS) is 20.6. The van der Waals surface area contributed by atoms with Crippen molar-refractivity contribution >= 4 is 38.5 Å². The van der Waals surface area contributed by atoms with Crippen LogP contribution in [0.25, 0.3) is 27.5 Å². The van der Waals surface area contributed by atoms with Gasteiger partial charge in [0.05, 0.1) is 23.8 Å². The molecule has 3 N–H and O–H groups in total. The summed E-state index contributed by atoms with van der Waals surface area (Å²) in [5, 5.41) is 15.5. The highest BCUT2D eigenvalue weighted by atomic mass is 32.2. The number of nitrogen functional groups attached to an aromatic ring is 1. The molecule has 0 aliphatic carbocycles. The minimum atomic E-state index is -3.74. The Hall–Kier alpha value is -4.24. The molecule has 1 unspecified atom stereocenters. The van der Waals surface area contributed by atoms with Gasteiger partial charge in [-0.25, -0.2) is 18.4 Å². The van der Waals surface area contributed by atoms with Gasteiger partial charge in [0.1, 0.15) is 15.7 Å². The predicted molar refractivity (Wildman–Crippen MR) is 151 cm³/mol. The lowest BCUT2D eigenvalue weighted by molar-refractivity contribution is 0.0562. The number of carbonyl (C=O) groups excluding carboxylic acids is 1. The Labute approximate surface area is 238 Å². The van der Waals surface area contributed by atoms with Gasteiger partial charge in [0, 0.05) is 52.7 Å². The van der Waals surface area contributed by atoms with Crippen LogP contribution >= 0.6 is 11.3 Å². The second-order valence-corrected chi connectivity index (χ2v) is 13.8. The third-order valence-corrected chi connectivity index (χ3v) is 10.0. The number of nitrogens with zero attached hydrogens (tertiary/aromatic N) is 8. The van der Waals surface area contributed by atoms with E-state index in [1.165, 1.54) is 10.7 Å². The molecule has 0 spiro atoms. The Kier molecular flexibility index (Phi) is 5.90. The summed E-state index contributed by atoms with van der Waals surface area (Å²) < 4.78 is 27.5. The summed E-state index contributed by atoms with van der Waals surface area (Å²) in [6, 6.07) is 3.69. The number of rotatable bonds is 5. The number of aromatic amines is 1. The number of anilines is 1. The van der Waals surface area contributed by atoms with Crippen molar-refractivity contribution in [2.45, 2.75) is 55.5 Å². The number of hydrogen-bond donors (Lipinski definition) is 2. The lowest BCUT2D eigenvalue weighted by atomic mass is 9.87. The summed E-state index contributed by atoms with van der Waals surface area (Å²) in [6.45, 7) is 2.00. The quantitative estimate of drug-likeness (QED) is 0.309. The molecule has 7 heterocycles. The molecule has 2 fully saturated rings. The number of hydrogen-bond acceptors (Lipinski definition) is 11. The van der Waals surface area contributed by atoms with Crippen LogP contribution in [0.3, 0.4) is 0 Å². The molecular weight excluding hydrogens is 564 g/mol. The van der Waals surface area contributed by atoms with E-state index in [-0.39, 0.29) is 40.3 Å². The van der Waals surface area contributed by atoms with E-state index in [0.717, 1.165) is 40.2 Å². The SMILES string of the molecule is Cc1cnc(-c2ccc(-c3cnn4c(N)c(S(C)(=O)=O)c(C5C[C@H]6CC[C@@H](C5)N6C(=O)c5cn[nH]n5)nc34)cn2)s1. The second-order valence-electron chi connectivity index (χ2n) is 10.6. The summed E-state index contributed by atoms with van der Waals surface area (Å²) >= 11 is 1.57. The molecule has 5 aromatic rings. The minimum absolute atomic E-state index is 0.00654. The second kappa shape index (κ2) is 9.41. The Morgan fingerprint density at radius 3 is 2.49 bits per heavy atom. The summed E-state index contributed by atoms with van der Waals surface area (Å²) in [4.78, 5) is 30.1. The average molecular weight is 591 g/mol. The van der Waals surface area contributed by atoms with Gasteiger partial charge in [-0.1, -0.05) is 6.07 Å². The van der Waals surface area contributed by atoms with Crippen LogP contribution in [0.15, 0.2) is 41.8 Å². The number of fused-ring (bicyclic) bond motifs is 3. The topological polar surface area (TPSA) is 178 Å². The lowest BCUT2D eigenvalue weighted by Gasteiger charge is -2.38. The monoisotopic (exact) mass is 590 g/mol. The first kappa shape index (κ1) is 25.7. The van der Waals surface area contributed by atoms with Crippen LogP contribution in [0.4, 0.5) is 5.82 Å². The Bertz CT molecular complexity index is 1880. The molecule has 1 amide bonds. The van der Waals surface area contributed by atoms with Crippen LogP contribution in [-0.4, -0.2) is 77.5 Å². The van der Waals surface area contributed by atoms with Crippen LogP contribution < -0.4 is 5.73 Å². The fourth-order valence-corrected chi connectivity index (χ4v) is 8.00. The largest absolute Gasteiger partial charge is 0.382 e. The zero-order chi connectivity index (χ0) is 28.5. The molecule has 41 heavy (non-hydrogen) atoms. The van der Waals surface area contributed by atoms with Crippen molar-refractivity contribution < 1.29 is 13.2 Å². The third-order valence-electron chi connectivity index (χ3n) is 7.94. The van der Waals surface area contributed by atoms with Gasteiger partial charge in [0.25, 0.3) is 5.91 Å². The maximum absolute atomic E-state index is 13.2. The van der Waals surface area contributed by atoms with Crippen LogP contribution in [0.2, 0.25) is 0 Å². The molecular formula is C26H26N10O3S2. The van der Waals surface area contributed by atoms with E-state index in [1.54, 1.807) is 23.7 Å². The lowest BCUT2D eigenvalue weighted by Crippen LogP contribution is -2.46. The van der Waals surface area contributed by atoms with E-state index >= 15 is 0 Å². The number of sulfone groups is 1. The molecule has 2 bridgehead atoms. The van der Waals surface area contributed by atoms with Crippen LogP contribution in [-0.2, 0) is 9.84 Å². The zero-order valence-corrected chi connectivity index (χ0v) is 23.9. The van der Waals surface area contributed by atoms with E-state index < -0.39 is 9.84 Å². The van der Waals surface area contributed by atoms with Crippen LogP contribution in [0.5, 0.6) is 0 Å². The zero-order valence-electron chi connectivity index (χ0n) is 22.2. The van der Waals surface area contributed by atoms with Gasteiger partial charge in [0.15, 0.2) is 21.2 Å². The van der Waals surface area contributed by atoms with Gasteiger partial charge in [-0.05, 0) is 38.7 Å². The maximum Gasteiger partial charge on any atom is 0.276 e. The Balaban J connectivity index is 1.28. The average Bonchev–Trinajstić information content (AvgIpc) is 3.74. The molecule has 0 saturated carbocycles. The van der Waals surface area contributed by atoms with Crippen molar-refractivity contribution in [3.05, 3.63) is 53.2 Å². The molecule has 7 rings (SSSR count). The van der Waals surface area contributed by atoms with E-state index in [1.807, 2.05) is 30.2 Å². The fraction of sp³-hybridized carbons (Fsp3) is 0.346. The number of H-pyrrole nitrogens is 1. The van der Waals surface area contributed by atoms with Gasteiger partial charge in [-0.15, -0.1) is 11.3 Å². The fourth-order valence-electron chi connectivity index (χ4n) is 6.20. The first-order valence-electron chi connectivity index (χ1n) is 13.1. The molecule has 2 aliphatic rings. The highest BCUT2D eigenvalue weighted by Gasteiger charge is 2.46. The Morgan fingerprint density at radius 2 is 1.88 bits per heavy atom. The number of aryl methyl sites for hydroxylation is 1. The standard InChI is InChI=1S/C26H26N10O3S2/c1-13-9-29-25(40-13)19-6-3-14(10-28-19)18-11-31-36-23(27)22(41(2,38)39)21(32-24(18)36)15-7-16-4-5-17(8-15)35(16)26(37)20-12-30-34-33-20/h3,6,9-12,15-17H,4-5,7-8,27H2,1-2H3,(H,30,33,34)/t15?,16-,17+. The summed E-state index contributed by atoms with van der Waals surface area (Å²) in [5.74, 6) is -0.352. The molecule has 5 aromatic heterocycles. The molecule has 2 aliphatic heterocycles. The molecule has 15 heteroatoms. The summed E-state index contributed by atoms with van der Waals surface area (Å²) in [5.41, 5.74) is 9.88. The van der Waals surface area contributed by atoms with Gasteiger partial charge >= 0.3 is 0 Å². The van der Waals surface area contributed by atoms with Crippen LogP contribution in [0, 0.1) is 6.92 Å². The summed E-state index contributed by atoms with van der Waals surface area (Å²) in [7, 11) is -3.74. The molecule has 210 valence electrons. The van der Waals surface area contributed by atoms with Crippen molar-refractivity contribution in [1.29, 1.82) is 0 Å². The molecule has 3 atom stereocenters. The van der Waals surface area contributed by atoms with Gasteiger partial charge < -0.3 is 10.6 Å². The van der Waals surface area contributed by atoms with Gasteiger partial charge in [-0.2, -0.15) is 25.0 Å². The van der Waals surface area contributed by atoms with Crippen molar-refractivity contribution in [2.75, 3.05) is 12.0 Å². The number of pyridine rings is 1. The predicted octanol–water partition coefficient (Wildman–Crippen LogP) is 2.88. The van der Waals surface area contributed by atoms with Gasteiger partial charge in [-0.3, -0.25) is 9.78 Å². The van der Waals surface area contributed by atoms with E-state index in [0.29, 0.717) is 29.7 Å². The summed E-state index contributed by atoms with van der Waals surface area (Å²) in [6.07, 6.45) is 10.5. The highest BCUT2D eigenvalue weighted by Crippen LogP contribution is 2.45. The molecule has 13 nitrogen and oxygen atoms in total. The van der Waals surface area contributed by atoms with E-state index in [2.05, 4.69) is 30.5 Å². The number of amides is 1. The molecule has 2 saturated heterocycles.